The van der Waals surface area contributed by atoms with Gasteiger partial charge in [0, 0.05) is 17.3 Å². The van der Waals surface area contributed by atoms with Crippen LogP contribution in [0.15, 0.2) is 65.5 Å². The molecule has 0 radical (unpaired) electrons. The van der Waals surface area contributed by atoms with E-state index in [9.17, 15) is 9.18 Å². The lowest BCUT2D eigenvalue weighted by atomic mass is 10.2. The molecule has 0 fully saturated rings. The van der Waals surface area contributed by atoms with Gasteiger partial charge in [0.15, 0.2) is 5.82 Å². The van der Waals surface area contributed by atoms with Gasteiger partial charge in [-0.15, -0.1) is 5.10 Å². The Morgan fingerprint density at radius 3 is 2.48 bits per heavy atom. The monoisotopic (exact) mass is 334 g/mol. The van der Waals surface area contributed by atoms with Crippen molar-refractivity contribution in [3.8, 4) is 11.4 Å². The lowest BCUT2D eigenvalue weighted by Gasteiger charge is -2.08. The largest absolute Gasteiger partial charge is 0.288 e. The zero-order chi connectivity index (χ0) is 17.4. The van der Waals surface area contributed by atoms with E-state index in [1.807, 2.05) is 34.9 Å². The van der Waals surface area contributed by atoms with Crippen molar-refractivity contribution in [1.82, 2.24) is 19.2 Å². The molecule has 2 heterocycles. The highest BCUT2D eigenvalue weighted by Gasteiger charge is 2.16. The number of rotatable bonds is 3. The van der Waals surface area contributed by atoms with Gasteiger partial charge in [-0.2, -0.15) is 4.52 Å². The van der Waals surface area contributed by atoms with Crippen LogP contribution in [0, 0.1) is 12.7 Å². The highest BCUT2D eigenvalue weighted by Crippen LogP contribution is 2.20. The molecule has 0 spiro atoms. The average Bonchev–Trinajstić information content (AvgIpc) is 2.96. The number of hydrogen-bond donors (Lipinski definition) is 0. The van der Waals surface area contributed by atoms with Crippen molar-refractivity contribution in [2.24, 2.45) is 0 Å². The summed E-state index contributed by atoms with van der Waals surface area (Å²) in [6.07, 6.45) is 0. The molecule has 5 nitrogen and oxygen atoms in total. The minimum Gasteiger partial charge on any atom is -0.288 e. The SMILES string of the molecule is Cc1cc(=O)n2nc(-c3ccccc3)n(Cc3ccc(F)cc3)c2n1. The molecule has 6 heteroatoms. The molecular formula is C19H15FN4O. The molecule has 2 aromatic heterocycles. The van der Waals surface area contributed by atoms with Crippen LogP contribution < -0.4 is 5.56 Å². The van der Waals surface area contributed by atoms with Crippen LogP contribution in [-0.2, 0) is 6.54 Å². The summed E-state index contributed by atoms with van der Waals surface area (Å²) in [6, 6.07) is 17.3. The summed E-state index contributed by atoms with van der Waals surface area (Å²) in [5, 5.41) is 4.47. The highest BCUT2D eigenvalue weighted by molar-refractivity contribution is 5.58. The van der Waals surface area contributed by atoms with Crippen molar-refractivity contribution >= 4 is 5.78 Å². The molecule has 4 aromatic rings. The molecule has 0 saturated heterocycles. The molecule has 0 N–H and O–H groups in total. The third kappa shape index (κ3) is 2.82. The number of aryl methyl sites for hydroxylation is 1. The van der Waals surface area contributed by atoms with Gasteiger partial charge in [-0.1, -0.05) is 42.5 Å². The number of benzene rings is 2. The second-order valence-corrected chi connectivity index (χ2v) is 5.85. The number of hydrogen-bond acceptors (Lipinski definition) is 3. The number of aromatic nitrogens is 4. The van der Waals surface area contributed by atoms with E-state index in [2.05, 4.69) is 10.1 Å². The molecule has 124 valence electrons. The molecule has 0 bridgehead atoms. The molecule has 0 unspecified atom stereocenters. The normalized spacial score (nSPS) is 11.1. The van der Waals surface area contributed by atoms with E-state index in [-0.39, 0.29) is 11.4 Å². The summed E-state index contributed by atoms with van der Waals surface area (Å²) >= 11 is 0. The fourth-order valence-corrected chi connectivity index (χ4v) is 2.81. The van der Waals surface area contributed by atoms with Crippen LogP contribution in [0.2, 0.25) is 0 Å². The zero-order valence-electron chi connectivity index (χ0n) is 13.6. The molecule has 0 aliphatic heterocycles. The molecule has 4 rings (SSSR count). The van der Waals surface area contributed by atoms with E-state index in [1.165, 1.54) is 22.7 Å². The van der Waals surface area contributed by atoms with E-state index < -0.39 is 0 Å². The molecule has 25 heavy (non-hydrogen) atoms. The highest BCUT2D eigenvalue weighted by atomic mass is 19.1. The Labute approximate surface area is 143 Å². The third-order valence-electron chi connectivity index (χ3n) is 3.98. The van der Waals surface area contributed by atoms with Crippen LogP contribution >= 0.6 is 0 Å². The smallest absolute Gasteiger partial charge is 0.275 e. The summed E-state index contributed by atoms with van der Waals surface area (Å²) in [6.45, 7) is 2.21. The number of nitrogens with zero attached hydrogens (tertiary/aromatic N) is 4. The van der Waals surface area contributed by atoms with Gasteiger partial charge < -0.3 is 0 Å². The third-order valence-corrected chi connectivity index (χ3v) is 3.98. The maximum absolute atomic E-state index is 13.2. The van der Waals surface area contributed by atoms with Crippen molar-refractivity contribution in [3.05, 3.63) is 88.1 Å². The minimum atomic E-state index is -0.285. The van der Waals surface area contributed by atoms with Crippen molar-refractivity contribution in [2.75, 3.05) is 0 Å². The number of halogens is 1. The number of fused-ring (bicyclic) bond motifs is 1. The average molecular weight is 334 g/mol. The topological polar surface area (TPSA) is 52.2 Å². The summed E-state index contributed by atoms with van der Waals surface area (Å²) in [5.41, 5.74) is 2.18. The van der Waals surface area contributed by atoms with Crippen molar-refractivity contribution in [3.63, 3.8) is 0 Å². The summed E-state index contributed by atoms with van der Waals surface area (Å²) in [4.78, 5) is 16.8. The first-order valence-electron chi connectivity index (χ1n) is 7.89. The maximum Gasteiger partial charge on any atom is 0.275 e. The molecule has 2 aromatic carbocycles. The molecule has 0 amide bonds. The second-order valence-electron chi connectivity index (χ2n) is 5.85. The van der Waals surface area contributed by atoms with Crippen LogP contribution in [0.4, 0.5) is 4.39 Å². The van der Waals surface area contributed by atoms with Crippen LogP contribution in [-0.4, -0.2) is 19.2 Å². The Kier molecular flexibility index (Phi) is 3.65. The van der Waals surface area contributed by atoms with Crippen molar-refractivity contribution < 1.29 is 4.39 Å². The van der Waals surface area contributed by atoms with Gasteiger partial charge in [-0.05, 0) is 24.6 Å². The maximum atomic E-state index is 13.2. The molecule has 0 aliphatic rings. The first-order chi connectivity index (χ1) is 12.1. The summed E-state index contributed by atoms with van der Waals surface area (Å²) in [5.74, 6) is 0.820. The van der Waals surface area contributed by atoms with Crippen LogP contribution in [0.25, 0.3) is 17.2 Å². The van der Waals surface area contributed by atoms with Crippen molar-refractivity contribution in [1.29, 1.82) is 0 Å². The van der Waals surface area contributed by atoms with Gasteiger partial charge in [0.2, 0.25) is 5.78 Å². The quantitative estimate of drug-likeness (QED) is 0.579. The van der Waals surface area contributed by atoms with Gasteiger partial charge >= 0.3 is 0 Å². The fourth-order valence-electron chi connectivity index (χ4n) is 2.81. The fraction of sp³-hybridized carbons (Fsp3) is 0.105. The van der Waals surface area contributed by atoms with E-state index in [1.54, 1.807) is 19.1 Å². The van der Waals surface area contributed by atoms with E-state index in [0.29, 0.717) is 23.8 Å². The van der Waals surface area contributed by atoms with Crippen LogP contribution in [0.1, 0.15) is 11.3 Å². The van der Waals surface area contributed by atoms with Crippen LogP contribution in [0.5, 0.6) is 0 Å². The molecule has 0 atom stereocenters. The molecule has 0 saturated carbocycles. The lowest BCUT2D eigenvalue weighted by molar-refractivity contribution is 0.626. The zero-order valence-corrected chi connectivity index (χ0v) is 13.6. The minimum absolute atomic E-state index is 0.225. The Morgan fingerprint density at radius 1 is 1.04 bits per heavy atom. The van der Waals surface area contributed by atoms with Gasteiger partial charge in [0.25, 0.3) is 5.56 Å². The van der Waals surface area contributed by atoms with Gasteiger partial charge in [-0.3, -0.25) is 9.36 Å². The summed E-state index contributed by atoms with van der Waals surface area (Å²) < 4.78 is 16.4. The van der Waals surface area contributed by atoms with E-state index >= 15 is 0 Å². The Balaban J connectivity index is 1.95. The Bertz CT molecular complexity index is 1100. The first-order valence-corrected chi connectivity index (χ1v) is 7.89. The van der Waals surface area contributed by atoms with Gasteiger partial charge in [-0.25, -0.2) is 9.37 Å². The van der Waals surface area contributed by atoms with E-state index in [4.69, 9.17) is 0 Å². The standard InChI is InChI=1S/C19H15FN4O/c1-13-11-17(25)24-19(21-13)23(12-14-7-9-16(20)10-8-14)18(22-24)15-5-3-2-4-6-15/h2-11H,12H2,1H3. The molecular weight excluding hydrogens is 319 g/mol. The lowest BCUT2D eigenvalue weighted by Crippen LogP contribution is -2.15. The second kappa shape index (κ2) is 5.98. The molecule has 0 aliphatic carbocycles. The predicted molar refractivity (Wildman–Crippen MR) is 92.9 cm³/mol. The van der Waals surface area contributed by atoms with Crippen LogP contribution in [0.3, 0.4) is 0 Å². The summed E-state index contributed by atoms with van der Waals surface area (Å²) in [7, 11) is 0. The first kappa shape index (κ1) is 15.3. The van der Waals surface area contributed by atoms with Gasteiger partial charge in [0.05, 0.1) is 6.54 Å². The van der Waals surface area contributed by atoms with E-state index in [0.717, 1.165) is 11.1 Å². The Hall–Kier alpha value is -3.28. The van der Waals surface area contributed by atoms with Crippen molar-refractivity contribution in [2.45, 2.75) is 13.5 Å². The van der Waals surface area contributed by atoms with Gasteiger partial charge in [0.1, 0.15) is 5.82 Å². The predicted octanol–water partition coefficient (Wildman–Crippen LogP) is 3.05. The Morgan fingerprint density at radius 2 is 1.76 bits per heavy atom.